The van der Waals surface area contributed by atoms with Crippen LogP contribution in [0.3, 0.4) is 0 Å². The number of carbonyl (C=O) groups excluding carboxylic acids is 1. The van der Waals surface area contributed by atoms with E-state index in [2.05, 4.69) is 88.0 Å². The minimum absolute atomic E-state index is 0. The Morgan fingerprint density at radius 3 is 2.35 bits per heavy atom. The molecule has 5 N–H and O–H groups in total. The van der Waals surface area contributed by atoms with E-state index in [1.165, 1.54) is 21.9 Å². The molecule has 0 aliphatic carbocycles. The van der Waals surface area contributed by atoms with Gasteiger partial charge in [-0.15, -0.1) is 12.4 Å². The number of fused-ring (bicyclic) bond motifs is 1. The Bertz CT molecular complexity index is 1100. The van der Waals surface area contributed by atoms with Gasteiger partial charge < -0.3 is 16.8 Å². The summed E-state index contributed by atoms with van der Waals surface area (Å²) in [5.41, 5.74) is 13.4. The van der Waals surface area contributed by atoms with Crippen LogP contribution >= 0.6 is 12.4 Å². The number of hydrogen-bond donors (Lipinski definition) is 3. The predicted molar refractivity (Wildman–Crippen MR) is 142 cm³/mol. The molecule has 4 rings (SSSR count). The summed E-state index contributed by atoms with van der Waals surface area (Å²) in [5, 5.41) is 5.65. The number of guanidine groups is 1. The summed E-state index contributed by atoms with van der Waals surface area (Å²) in [6, 6.07) is 25.6. The highest BCUT2D eigenvalue weighted by atomic mass is 35.5. The van der Waals surface area contributed by atoms with Crippen LogP contribution < -0.4 is 16.8 Å². The molecule has 0 atom stereocenters. The molecule has 3 aromatic carbocycles. The van der Waals surface area contributed by atoms with Crippen molar-refractivity contribution in [1.29, 1.82) is 0 Å². The number of hydrogen-bond acceptors (Lipinski definition) is 3. The van der Waals surface area contributed by atoms with Gasteiger partial charge in [0.2, 0.25) is 5.91 Å². The quantitative estimate of drug-likeness (QED) is 0.340. The smallest absolute Gasteiger partial charge is 0.241 e. The first kappa shape index (κ1) is 25.5. The second-order valence-electron chi connectivity index (χ2n) is 9.09. The van der Waals surface area contributed by atoms with Gasteiger partial charge in [0.15, 0.2) is 5.96 Å². The van der Waals surface area contributed by atoms with E-state index in [0.29, 0.717) is 6.54 Å². The van der Waals surface area contributed by atoms with E-state index >= 15 is 0 Å². The van der Waals surface area contributed by atoms with Crippen molar-refractivity contribution in [3.8, 4) is 0 Å². The van der Waals surface area contributed by atoms with Crippen LogP contribution in [0.25, 0.3) is 10.8 Å². The minimum atomic E-state index is -0.146. The van der Waals surface area contributed by atoms with Crippen molar-refractivity contribution in [2.45, 2.75) is 25.8 Å². The van der Waals surface area contributed by atoms with Gasteiger partial charge >= 0.3 is 0 Å². The molecule has 34 heavy (non-hydrogen) atoms. The van der Waals surface area contributed by atoms with Crippen LogP contribution in [0.4, 0.5) is 0 Å². The van der Waals surface area contributed by atoms with Crippen molar-refractivity contribution in [3.05, 3.63) is 83.9 Å². The van der Waals surface area contributed by atoms with Crippen molar-refractivity contribution >= 4 is 35.0 Å². The van der Waals surface area contributed by atoms with Gasteiger partial charge in [-0.05, 0) is 59.7 Å². The molecule has 1 amide bonds. The highest BCUT2D eigenvalue weighted by Crippen LogP contribution is 2.37. The Morgan fingerprint density at radius 2 is 1.62 bits per heavy atom. The minimum Gasteiger partial charge on any atom is -0.370 e. The maximum atomic E-state index is 12.4. The van der Waals surface area contributed by atoms with Gasteiger partial charge in [0.05, 0.1) is 0 Å². The van der Waals surface area contributed by atoms with Crippen molar-refractivity contribution in [2.24, 2.45) is 21.9 Å². The molecule has 1 aliphatic rings. The second kappa shape index (κ2) is 11.9. The van der Waals surface area contributed by atoms with Gasteiger partial charge in [-0.25, -0.2) is 4.99 Å². The van der Waals surface area contributed by atoms with E-state index in [1.807, 2.05) is 0 Å². The van der Waals surface area contributed by atoms with Crippen molar-refractivity contribution in [3.63, 3.8) is 0 Å². The molecule has 1 heterocycles. The van der Waals surface area contributed by atoms with Gasteiger partial charge in [0.1, 0.15) is 6.54 Å². The molecule has 1 saturated heterocycles. The van der Waals surface area contributed by atoms with Crippen LogP contribution in [0, 0.1) is 5.41 Å². The van der Waals surface area contributed by atoms with Crippen LogP contribution in [0.5, 0.6) is 0 Å². The molecule has 0 aromatic heterocycles. The third-order valence-corrected chi connectivity index (χ3v) is 6.68. The number of halogens is 1. The molecule has 1 fully saturated rings. The number of carbonyl (C=O) groups is 1. The summed E-state index contributed by atoms with van der Waals surface area (Å²) >= 11 is 0. The number of likely N-dealkylation sites (tertiary alicyclic amines) is 1. The van der Waals surface area contributed by atoms with Gasteiger partial charge in [-0.1, -0.05) is 72.8 Å². The lowest BCUT2D eigenvalue weighted by Gasteiger charge is -2.42. The van der Waals surface area contributed by atoms with Crippen LogP contribution in [-0.4, -0.2) is 42.9 Å². The summed E-state index contributed by atoms with van der Waals surface area (Å²) in [6.45, 7) is 3.55. The van der Waals surface area contributed by atoms with Crippen molar-refractivity contribution < 1.29 is 4.79 Å². The highest BCUT2D eigenvalue weighted by molar-refractivity contribution is 5.86. The summed E-state index contributed by atoms with van der Waals surface area (Å²) in [5.74, 6) is -0.211. The van der Waals surface area contributed by atoms with Gasteiger partial charge in [-0.2, -0.15) is 0 Å². The van der Waals surface area contributed by atoms with Gasteiger partial charge in [0.25, 0.3) is 0 Å². The molecule has 6 nitrogen and oxygen atoms in total. The lowest BCUT2D eigenvalue weighted by Crippen LogP contribution is -2.47. The van der Waals surface area contributed by atoms with E-state index in [0.717, 1.165) is 38.9 Å². The zero-order chi connectivity index (χ0) is 23.1. The molecule has 1 aliphatic heterocycles. The molecule has 0 bridgehead atoms. The molecule has 0 unspecified atom stereocenters. The molecule has 180 valence electrons. The number of nitrogens with two attached hydrogens (primary N) is 2. The number of amides is 1. The van der Waals surface area contributed by atoms with Gasteiger partial charge in [0, 0.05) is 13.1 Å². The molecule has 0 saturated carbocycles. The summed E-state index contributed by atoms with van der Waals surface area (Å²) in [4.78, 5) is 18.7. The maximum absolute atomic E-state index is 12.4. The SMILES string of the molecule is Cl.NC(N)=NCC(=O)NCC1(Cc2cccc3ccccc23)CCN(Cc2ccccc2)CC1. The molecule has 0 spiro atoms. The third-order valence-electron chi connectivity index (χ3n) is 6.68. The van der Waals surface area contributed by atoms with E-state index < -0.39 is 0 Å². The van der Waals surface area contributed by atoms with Crippen LogP contribution in [-0.2, 0) is 17.8 Å². The molecular formula is C27H34ClN5O. The average Bonchev–Trinajstić information content (AvgIpc) is 2.84. The number of piperidine rings is 1. The Labute approximate surface area is 207 Å². The fourth-order valence-electron chi connectivity index (χ4n) is 4.80. The number of nitrogens with one attached hydrogen (secondary N) is 1. The third kappa shape index (κ3) is 6.72. The fraction of sp³-hybridized carbons (Fsp3) is 0.333. The summed E-state index contributed by atoms with van der Waals surface area (Å²) < 4.78 is 0. The van der Waals surface area contributed by atoms with E-state index in [4.69, 9.17) is 11.5 Å². The fourth-order valence-corrected chi connectivity index (χ4v) is 4.80. The van der Waals surface area contributed by atoms with E-state index in [9.17, 15) is 4.79 Å². The van der Waals surface area contributed by atoms with Crippen LogP contribution in [0.15, 0.2) is 77.8 Å². The lowest BCUT2D eigenvalue weighted by atomic mass is 9.73. The maximum Gasteiger partial charge on any atom is 0.241 e. The zero-order valence-electron chi connectivity index (χ0n) is 19.5. The van der Waals surface area contributed by atoms with Crippen molar-refractivity contribution in [1.82, 2.24) is 10.2 Å². The molecule has 7 heteroatoms. The van der Waals surface area contributed by atoms with Crippen LogP contribution in [0.2, 0.25) is 0 Å². The standard InChI is InChI=1S/C27H33N5O.ClH/c28-26(29)30-18-25(33)31-20-27(17-23-11-6-10-22-9-4-5-12-24(22)23)13-15-32(16-14-27)19-21-7-2-1-3-8-21;/h1-12H,13-20H2,(H,31,33)(H4,28,29,30);1H. The number of aliphatic imine (C=N–C) groups is 1. The van der Waals surface area contributed by atoms with E-state index in [1.54, 1.807) is 0 Å². The number of rotatable bonds is 8. The normalized spacial score (nSPS) is 15.3. The monoisotopic (exact) mass is 479 g/mol. The summed E-state index contributed by atoms with van der Waals surface area (Å²) in [6.07, 6.45) is 2.97. The first-order chi connectivity index (χ1) is 16.0. The van der Waals surface area contributed by atoms with E-state index in [-0.39, 0.29) is 36.2 Å². The average molecular weight is 480 g/mol. The number of nitrogens with zero attached hydrogens (tertiary/aromatic N) is 2. The Balaban J connectivity index is 0.00000324. The Morgan fingerprint density at radius 1 is 0.941 bits per heavy atom. The molecule has 3 aromatic rings. The zero-order valence-corrected chi connectivity index (χ0v) is 20.3. The highest BCUT2D eigenvalue weighted by Gasteiger charge is 2.35. The second-order valence-corrected chi connectivity index (χ2v) is 9.09. The number of benzene rings is 3. The lowest BCUT2D eigenvalue weighted by molar-refractivity contribution is -0.120. The summed E-state index contributed by atoms with van der Waals surface area (Å²) in [7, 11) is 0. The molecular weight excluding hydrogens is 446 g/mol. The Kier molecular flexibility index (Phi) is 8.91. The van der Waals surface area contributed by atoms with Crippen LogP contribution in [0.1, 0.15) is 24.0 Å². The van der Waals surface area contributed by atoms with Crippen molar-refractivity contribution in [2.75, 3.05) is 26.2 Å². The first-order valence-corrected chi connectivity index (χ1v) is 11.6. The van der Waals surface area contributed by atoms with Gasteiger partial charge in [-0.3, -0.25) is 9.69 Å². The topological polar surface area (TPSA) is 96.7 Å². The molecule has 0 radical (unpaired) electrons. The Hall–Kier alpha value is -3.09. The largest absolute Gasteiger partial charge is 0.370 e. The predicted octanol–water partition coefficient (Wildman–Crippen LogP) is 3.48. The first-order valence-electron chi connectivity index (χ1n) is 11.6.